The molecule has 0 aromatic carbocycles. The number of nitrogens with one attached hydrogen (secondary N) is 1. The summed E-state index contributed by atoms with van der Waals surface area (Å²) in [4.78, 5) is 33.8. The first-order valence-electron chi connectivity index (χ1n) is 5.62. The molecule has 0 aromatic heterocycles. The van der Waals surface area contributed by atoms with Crippen LogP contribution in [0.5, 0.6) is 0 Å². The van der Waals surface area contributed by atoms with Crippen molar-refractivity contribution in [2.45, 2.75) is 39.5 Å². The van der Waals surface area contributed by atoms with Crippen LogP contribution in [0.25, 0.3) is 0 Å². The van der Waals surface area contributed by atoms with E-state index in [1.54, 1.807) is 0 Å². The van der Waals surface area contributed by atoms with Crippen molar-refractivity contribution in [2.75, 3.05) is 6.54 Å². The lowest BCUT2D eigenvalue weighted by Crippen LogP contribution is -2.52. The van der Waals surface area contributed by atoms with Gasteiger partial charge in [0, 0.05) is 25.3 Å². The van der Waals surface area contributed by atoms with E-state index in [1.807, 2.05) is 6.92 Å². The summed E-state index contributed by atoms with van der Waals surface area (Å²) in [5.41, 5.74) is 2.79. The zero-order valence-electron chi connectivity index (χ0n) is 9.78. The van der Waals surface area contributed by atoms with Gasteiger partial charge in [0.1, 0.15) is 5.78 Å². The molecule has 0 bridgehead atoms. The average molecular weight is 226 g/mol. The molecule has 0 unspecified atom stereocenters. The maximum atomic E-state index is 11.6. The smallest absolute Gasteiger partial charge is 0.246 e. The number of hydrogen-bond acceptors (Lipinski definition) is 4. The van der Waals surface area contributed by atoms with Crippen molar-refractivity contribution >= 4 is 17.6 Å². The normalized spacial score (nSPS) is 21.4. The van der Waals surface area contributed by atoms with Gasteiger partial charge in [0.15, 0.2) is 0 Å². The Bertz CT molecular complexity index is 302. The minimum atomic E-state index is -0.175. The Balaban J connectivity index is 2.36. The Morgan fingerprint density at radius 1 is 1.50 bits per heavy atom. The Hall–Kier alpha value is -1.23. The largest absolute Gasteiger partial charge is 0.300 e. The quantitative estimate of drug-likeness (QED) is 0.552. The summed E-state index contributed by atoms with van der Waals surface area (Å²) in [6.07, 6.45) is 2.15. The standard InChI is InChI=1S/C11H18N2O3/c1-8-5-6-10(15)13(11(8)16)12-7-3-4-9(2)14/h8,12H,3-7H2,1-2H3/t8-/m1/s1. The first kappa shape index (κ1) is 12.8. The van der Waals surface area contributed by atoms with Gasteiger partial charge in [0.2, 0.25) is 11.8 Å². The van der Waals surface area contributed by atoms with Gasteiger partial charge < -0.3 is 4.79 Å². The fraction of sp³-hybridized carbons (Fsp3) is 0.727. The van der Waals surface area contributed by atoms with Crippen LogP contribution < -0.4 is 5.43 Å². The van der Waals surface area contributed by atoms with Crippen LogP contribution in [0, 0.1) is 5.92 Å². The second-order valence-electron chi connectivity index (χ2n) is 4.22. The van der Waals surface area contributed by atoms with Crippen LogP contribution in [0.1, 0.15) is 39.5 Å². The molecule has 1 N–H and O–H groups in total. The van der Waals surface area contributed by atoms with Crippen LogP contribution >= 0.6 is 0 Å². The number of piperidine rings is 1. The monoisotopic (exact) mass is 226 g/mol. The molecule has 1 rings (SSSR count). The highest BCUT2D eigenvalue weighted by molar-refractivity contribution is 5.97. The van der Waals surface area contributed by atoms with Crippen molar-refractivity contribution in [3.63, 3.8) is 0 Å². The molecular weight excluding hydrogens is 208 g/mol. The summed E-state index contributed by atoms with van der Waals surface area (Å²) in [6.45, 7) is 3.82. The second-order valence-corrected chi connectivity index (χ2v) is 4.22. The second kappa shape index (κ2) is 5.75. The number of carbonyl (C=O) groups excluding carboxylic acids is 3. The lowest BCUT2D eigenvalue weighted by Gasteiger charge is -2.28. The molecule has 0 aromatic rings. The third-order valence-corrected chi connectivity index (χ3v) is 2.66. The number of imide groups is 1. The highest BCUT2D eigenvalue weighted by Gasteiger charge is 2.31. The highest BCUT2D eigenvalue weighted by atomic mass is 16.2. The zero-order valence-corrected chi connectivity index (χ0v) is 9.78. The summed E-state index contributed by atoms with van der Waals surface area (Å²) in [5, 5.41) is 1.11. The maximum Gasteiger partial charge on any atom is 0.246 e. The Labute approximate surface area is 95.1 Å². The van der Waals surface area contributed by atoms with Crippen molar-refractivity contribution in [2.24, 2.45) is 5.92 Å². The first-order chi connectivity index (χ1) is 7.52. The van der Waals surface area contributed by atoms with E-state index >= 15 is 0 Å². The van der Waals surface area contributed by atoms with E-state index in [-0.39, 0.29) is 23.5 Å². The summed E-state index contributed by atoms with van der Waals surface area (Å²) < 4.78 is 0. The lowest BCUT2D eigenvalue weighted by atomic mass is 10.00. The maximum absolute atomic E-state index is 11.6. The molecule has 1 fully saturated rings. The van der Waals surface area contributed by atoms with Gasteiger partial charge in [-0.05, 0) is 19.8 Å². The number of hydrazine groups is 1. The number of hydrogen-bond donors (Lipinski definition) is 1. The van der Waals surface area contributed by atoms with Crippen LogP contribution in [0.2, 0.25) is 0 Å². The van der Waals surface area contributed by atoms with Crippen molar-refractivity contribution in [3.8, 4) is 0 Å². The molecule has 0 radical (unpaired) electrons. The SMILES string of the molecule is CC(=O)CCCNN1C(=O)CC[C@@H](C)C1=O. The lowest BCUT2D eigenvalue weighted by molar-refractivity contribution is -0.155. The van der Waals surface area contributed by atoms with E-state index in [4.69, 9.17) is 0 Å². The molecule has 0 spiro atoms. The number of amides is 2. The minimum Gasteiger partial charge on any atom is -0.300 e. The van der Waals surface area contributed by atoms with E-state index in [9.17, 15) is 14.4 Å². The summed E-state index contributed by atoms with van der Waals surface area (Å²) in [6, 6.07) is 0. The predicted octanol–water partition coefficient (Wildman–Crippen LogP) is 0.645. The van der Waals surface area contributed by atoms with Gasteiger partial charge in [0.25, 0.3) is 0 Å². The van der Waals surface area contributed by atoms with Gasteiger partial charge in [-0.25, -0.2) is 10.4 Å². The predicted molar refractivity (Wildman–Crippen MR) is 58.2 cm³/mol. The Kier molecular flexibility index (Phi) is 4.61. The van der Waals surface area contributed by atoms with Crippen LogP contribution in [-0.2, 0) is 14.4 Å². The van der Waals surface area contributed by atoms with Crippen molar-refractivity contribution in [1.82, 2.24) is 10.4 Å². The van der Waals surface area contributed by atoms with E-state index in [1.165, 1.54) is 6.92 Å². The molecule has 0 saturated carbocycles. The number of ketones is 1. The molecule has 5 heteroatoms. The highest BCUT2D eigenvalue weighted by Crippen LogP contribution is 2.16. The Morgan fingerprint density at radius 3 is 2.81 bits per heavy atom. The van der Waals surface area contributed by atoms with Crippen molar-refractivity contribution < 1.29 is 14.4 Å². The van der Waals surface area contributed by atoms with E-state index in [0.717, 1.165) is 5.01 Å². The molecule has 1 atom stereocenters. The summed E-state index contributed by atoms with van der Waals surface area (Å²) in [5.74, 6) is -0.325. The zero-order chi connectivity index (χ0) is 12.1. The molecule has 1 heterocycles. The molecule has 0 aliphatic carbocycles. The molecule has 16 heavy (non-hydrogen) atoms. The van der Waals surface area contributed by atoms with Gasteiger partial charge in [-0.1, -0.05) is 6.92 Å². The van der Waals surface area contributed by atoms with Crippen LogP contribution in [0.15, 0.2) is 0 Å². The van der Waals surface area contributed by atoms with Gasteiger partial charge in [0.05, 0.1) is 0 Å². The minimum absolute atomic E-state index is 0.0991. The topological polar surface area (TPSA) is 66.5 Å². The van der Waals surface area contributed by atoms with E-state index < -0.39 is 0 Å². The van der Waals surface area contributed by atoms with Crippen LogP contribution in [0.4, 0.5) is 0 Å². The number of Topliss-reactive ketones (excluding diaryl/α,β-unsaturated/α-hetero) is 1. The molecular formula is C11H18N2O3. The van der Waals surface area contributed by atoms with Gasteiger partial charge >= 0.3 is 0 Å². The third kappa shape index (κ3) is 3.41. The molecule has 1 aliphatic heterocycles. The van der Waals surface area contributed by atoms with Gasteiger partial charge in [-0.2, -0.15) is 0 Å². The average Bonchev–Trinajstić information content (AvgIpc) is 2.22. The molecule has 90 valence electrons. The molecule has 1 saturated heterocycles. The molecule has 2 amide bonds. The van der Waals surface area contributed by atoms with Crippen molar-refractivity contribution in [1.29, 1.82) is 0 Å². The number of rotatable bonds is 5. The van der Waals surface area contributed by atoms with E-state index in [2.05, 4.69) is 5.43 Å². The summed E-state index contributed by atoms with van der Waals surface area (Å²) >= 11 is 0. The summed E-state index contributed by atoms with van der Waals surface area (Å²) in [7, 11) is 0. The number of carbonyl (C=O) groups is 3. The molecule has 1 aliphatic rings. The first-order valence-corrected chi connectivity index (χ1v) is 5.62. The number of nitrogens with zero attached hydrogens (tertiary/aromatic N) is 1. The van der Waals surface area contributed by atoms with Crippen molar-refractivity contribution in [3.05, 3.63) is 0 Å². The van der Waals surface area contributed by atoms with Gasteiger partial charge in [-0.15, -0.1) is 0 Å². The fourth-order valence-corrected chi connectivity index (χ4v) is 1.61. The molecule has 5 nitrogen and oxygen atoms in total. The fourth-order valence-electron chi connectivity index (χ4n) is 1.61. The van der Waals surface area contributed by atoms with Crippen LogP contribution in [-0.4, -0.2) is 29.2 Å². The van der Waals surface area contributed by atoms with Crippen LogP contribution in [0.3, 0.4) is 0 Å². The van der Waals surface area contributed by atoms with Gasteiger partial charge in [-0.3, -0.25) is 9.59 Å². The third-order valence-electron chi connectivity index (χ3n) is 2.66. The van der Waals surface area contributed by atoms with E-state index in [0.29, 0.717) is 32.2 Å². The Morgan fingerprint density at radius 2 is 2.19 bits per heavy atom.